The molecule has 1 aromatic rings. The summed E-state index contributed by atoms with van der Waals surface area (Å²) >= 11 is 0. The third-order valence-corrected chi connectivity index (χ3v) is 4.39. The molecule has 98 valence electrons. The second-order valence-electron chi connectivity index (χ2n) is 5.62. The van der Waals surface area contributed by atoms with E-state index in [-0.39, 0.29) is 0 Å². The molecule has 0 amide bonds. The number of benzene rings is 1. The lowest BCUT2D eigenvalue weighted by Crippen LogP contribution is -2.28. The van der Waals surface area contributed by atoms with E-state index in [4.69, 9.17) is 0 Å². The van der Waals surface area contributed by atoms with Crippen molar-refractivity contribution >= 4 is 0 Å². The highest BCUT2D eigenvalue weighted by Gasteiger charge is 2.23. The highest BCUT2D eigenvalue weighted by molar-refractivity contribution is 5.15. The van der Waals surface area contributed by atoms with E-state index in [2.05, 4.69) is 55.7 Å². The Balaban J connectivity index is 1.94. The lowest BCUT2D eigenvalue weighted by atomic mass is 9.91. The van der Waals surface area contributed by atoms with Crippen LogP contribution < -0.4 is 0 Å². The molecule has 1 nitrogen and oxygen atoms in total. The Kier molecular flexibility index (Phi) is 4.46. The Morgan fingerprint density at radius 1 is 1.22 bits per heavy atom. The average Bonchev–Trinajstić information content (AvgIpc) is 2.52. The van der Waals surface area contributed by atoms with E-state index in [0.717, 1.165) is 18.9 Å². The van der Waals surface area contributed by atoms with Crippen molar-refractivity contribution in [1.82, 2.24) is 4.90 Å². The second kappa shape index (κ2) is 6.08. The SMILES string of the molecule is C=C1C(C)[C@@H](C)CCCN1CCc1ccccc1. The number of allylic oxidation sites excluding steroid dienone is 1. The van der Waals surface area contributed by atoms with E-state index in [0.29, 0.717) is 5.92 Å². The quantitative estimate of drug-likeness (QED) is 0.772. The lowest BCUT2D eigenvalue weighted by Gasteiger charge is -2.29. The van der Waals surface area contributed by atoms with Gasteiger partial charge in [-0.15, -0.1) is 0 Å². The van der Waals surface area contributed by atoms with Gasteiger partial charge in [0.2, 0.25) is 0 Å². The summed E-state index contributed by atoms with van der Waals surface area (Å²) in [5, 5.41) is 0. The first-order chi connectivity index (χ1) is 8.68. The highest BCUT2D eigenvalue weighted by Crippen LogP contribution is 2.29. The fourth-order valence-corrected chi connectivity index (χ4v) is 2.78. The molecule has 1 aromatic carbocycles. The smallest absolute Gasteiger partial charge is 0.0215 e. The van der Waals surface area contributed by atoms with Gasteiger partial charge in [-0.2, -0.15) is 0 Å². The molecule has 1 fully saturated rings. The number of hydrogen-bond acceptors (Lipinski definition) is 1. The Hall–Kier alpha value is -1.24. The van der Waals surface area contributed by atoms with E-state index >= 15 is 0 Å². The number of rotatable bonds is 3. The summed E-state index contributed by atoms with van der Waals surface area (Å²) in [4.78, 5) is 2.50. The molecule has 2 rings (SSSR count). The van der Waals surface area contributed by atoms with Crippen LogP contribution in [-0.2, 0) is 6.42 Å². The lowest BCUT2D eigenvalue weighted by molar-refractivity contribution is 0.320. The first-order valence-corrected chi connectivity index (χ1v) is 7.16. The second-order valence-corrected chi connectivity index (χ2v) is 5.62. The number of likely N-dealkylation sites (tertiary alicyclic amines) is 1. The maximum Gasteiger partial charge on any atom is 0.0215 e. The van der Waals surface area contributed by atoms with Crippen molar-refractivity contribution in [3.63, 3.8) is 0 Å². The van der Waals surface area contributed by atoms with E-state index in [1.807, 2.05) is 0 Å². The Bertz CT molecular complexity index is 382. The molecule has 1 unspecified atom stereocenters. The van der Waals surface area contributed by atoms with Crippen LogP contribution in [0.15, 0.2) is 42.6 Å². The number of hydrogen-bond donors (Lipinski definition) is 0. The summed E-state index contributed by atoms with van der Waals surface area (Å²) in [7, 11) is 0. The Labute approximate surface area is 112 Å². The van der Waals surface area contributed by atoms with Crippen molar-refractivity contribution in [3.05, 3.63) is 48.2 Å². The standard InChI is InChI=1S/C17H25N/c1-14-8-7-12-18(16(3)15(14)2)13-11-17-9-5-4-6-10-17/h4-6,9-10,14-15H,3,7-8,11-13H2,1-2H3/t14-,15?/m0/s1. The van der Waals surface area contributed by atoms with Crippen LogP contribution in [0.25, 0.3) is 0 Å². The molecule has 1 heterocycles. The molecule has 1 heteroatoms. The highest BCUT2D eigenvalue weighted by atomic mass is 15.1. The van der Waals surface area contributed by atoms with Gasteiger partial charge in [0.1, 0.15) is 0 Å². The van der Waals surface area contributed by atoms with Gasteiger partial charge in [-0.05, 0) is 36.7 Å². The molecule has 0 spiro atoms. The van der Waals surface area contributed by atoms with Crippen LogP contribution in [0.5, 0.6) is 0 Å². The van der Waals surface area contributed by atoms with Crippen LogP contribution in [-0.4, -0.2) is 18.0 Å². The minimum atomic E-state index is 0.628. The topological polar surface area (TPSA) is 3.24 Å². The zero-order valence-electron chi connectivity index (χ0n) is 11.7. The Morgan fingerprint density at radius 2 is 1.94 bits per heavy atom. The van der Waals surface area contributed by atoms with Crippen molar-refractivity contribution in [3.8, 4) is 0 Å². The van der Waals surface area contributed by atoms with E-state index in [1.54, 1.807) is 0 Å². The van der Waals surface area contributed by atoms with Gasteiger partial charge in [0.15, 0.2) is 0 Å². The molecule has 0 N–H and O–H groups in total. The van der Waals surface area contributed by atoms with Crippen LogP contribution in [0.3, 0.4) is 0 Å². The van der Waals surface area contributed by atoms with Crippen LogP contribution in [0.2, 0.25) is 0 Å². The minimum absolute atomic E-state index is 0.628. The average molecular weight is 243 g/mol. The van der Waals surface area contributed by atoms with Crippen molar-refractivity contribution < 1.29 is 0 Å². The summed E-state index contributed by atoms with van der Waals surface area (Å²) in [5.41, 5.74) is 2.77. The molecular weight excluding hydrogens is 218 g/mol. The minimum Gasteiger partial charge on any atom is -0.375 e. The van der Waals surface area contributed by atoms with Crippen LogP contribution >= 0.6 is 0 Å². The summed E-state index contributed by atoms with van der Waals surface area (Å²) in [6.45, 7) is 11.3. The van der Waals surface area contributed by atoms with Gasteiger partial charge in [-0.25, -0.2) is 0 Å². The zero-order chi connectivity index (χ0) is 13.0. The van der Waals surface area contributed by atoms with Crippen molar-refractivity contribution in [2.45, 2.75) is 33.1 Å². The predicted octanol–water partition coefficient (Wildman–Crippen LogP) is 4.11. The molecule has 1 saturated heterocycles. The molecule has 2 atom stereocenters. The van der Waals surface area contributed by atoms with Gasteiger partial charge >= 0.3 is 0 Å². The molecule has 0 saturated carbocycles. The van der Waals surface area contributed by atoms with Crippen molar-refractivity contribution in [2.75, 3.05) is 13.1 Å². The Morgan fingerprint density at radius 3 is 2.67 bits per heavy atom. The summed E-state index contributed by atoms with van der Waals surface area (Å²) in [6.07, 6.45) is 3.77. The van der Waals surface area contributed by atoms with E-state index < -0.39 is 0 Å². The molecule has 0 radical (unpaired) electrons. The van der Waals surface area contributed by atoms with E-state index in [1.165, 1.54) is 30.6 Å². The van der Waals surface area contributed by atoms with Gasteiger partial charge in [-0.1, -0.05) is 50.8 Å². The molecular formula is C17H25N. The molecule has 0 bridgehead atoms. The molecule has 0 aromatic heterocycles. The number of nitrogens with zero attached hydrogens (tertiary/aromatic N) is 1. The first kappa shape index (κ1) is 13.2. The summed E-state index contributed by atoms with van der Waals surface area (Å²) < 4.78 is 0. The van der Waals surface area contributed by atoms with Gasteiger partial charge in [0.05, 0.1) is 0 Å². The van der Waals surface area contributed by atoms with Crippen LogP contribution in [0.4, 0.5) is 0 Å². The fraction of sp³-hybridized carbons (Fsp3) is 0.529. The predicted molar refractivity (Wildman–Crippen MR) is 78.4 cm³/mol. The third-order valence-electron chi connectivity index (χ3n) is 4.39. The molecule has 1 aliphatic rings. The zero-order valence-corrected chi connectivity index (χ0v) is 11.7. The fourth-order valence-electron chi connectivity index (χ4n) is 2.78. The first-order valence-electron chi connectivity index (χ1n) is 7.16. The van der Waals surface area contributed by atoms with Crippen molar-refractivity contribution in [1.29, 1.82) is 0 Å². The van der Waals surface area contributed by atoms with Crippen molar-refractivity contribution in [2.24, 2.45) is 11.8 Å². The monoisotopic (exact) mass is 243 g/mol. The van der Waals surface area contributed by atoms with Crippen LogP contribution in [0, 0.1) is 11.8 Å². The van der Waals surface area contributed by atoms with Gasteiger partial charge in [0.25, 0.3) is 0 Å². The maximum atomic E-state index is 4.33. The third kappa shape index (κ3) is 3.16. The van der Waals surface area contributed by atoms with Crippen LogP contribution in [0.1, 0.15) is 32.3 Å². The summed E-state index contributed by atoms with van der Waals surface area (Å²) in [5.74, 6) is 1.41. The van der Waals surface area contributed by atoms with Gasteiger partial charge in [-0.3, -0.25) is 0 Å². The van der Waals surface area contributed by atoms with Gasteiger partial charge < -0.3 is 4.90 Å². The summed E-state index contributed by atoms with van der Waals surface area (Å²) in [6, 6.07) is 10.8. The molecule has 1 aliphatic heterocycles. The maximum absolute atomic E-state index is 4.33. The van der Waals surface area contributed by atoms with Gasteiger partial charge in [0, 0.05) is 18.8 Å². The largest absolute Gasteiger partial charge is 0.375 e. The van der Waals surface area contributed by atoms with E-state index in [9.17, 15) is 0 Å². The molecule has 18 heavy (non-hydrogen) atoms. The normalized spacial score (nSPS) is 25.0. The molecule has 0 aliphatic carbocycles.